The van der Waals surface area contributed by atoms with Crippen LogP contribution >= 0.6 is 0 Å². The highest BCUT2D eigenvalue weighted by molar-refractivity contribution is 5.70. The number of rotatable bonds is 37. The molecule has 4 nitrogen and oxygen atoms in total. The van der Waals surface area contributed by atoms with Crippen molar-refractivity contribution >= 4 is 0 Å². The van der Waals surface area contributed by atoms with Crippen LogP contribution in [0.1, 0.15) is 193 Å². The van der Waals surface area contributed by atoms with Crippen molar-refractivity contribution in [1.29, 1.82) is 0 Å². The number of hydrogen-bond donors (Lipinski definition) is 0. The molecule has 0 radical (unpaired) electrons. The van der Waals surface area contributed by atoms with E-state index < -0.39 is 0 Å². The van der Waals surface area contributed by atoms with E-state index in [4.69, 9.17) is 9.47 Å². The predicted octanol–water partition coefficient (Wildman–Crippen LogP) is 14.3. The summed E-state index contributed by atoms with van der Waals surface area (Å²) in [7, 11) is 0. The van der Waals surface area contributed by atoms with Crippen LogP contribution in [0.4, 0.5) is 0 Å². The van der Waals surface area contributed by atoms with Gasteiger partial charge in [-0.25, -0.2) is 0 Å². The second-order valence-corrected chi connectivity index (χ2v) is 15.6. The number of hydrogen-bond acceptors (Lipinski definition) is 4. The first-order chi connectivity index (χ1) is 25.7. The molecular formula is C48H84N2O2. The van der Waals surface area contributed by atoms with Crippen molar-refractivity contribution in [1.82, 2.24) is 9.80 Å². The predicted molar refractivity (Wildman–Crippen MR) is 228 cm³/mol. The van der Waals surface area contributed by atoms with Crippen LogP contribution in [-0.2, 0) is 22.7 Å². The molecule has 0 saturated carbocycles. The van der Waals surface area contributed by atoms with E-state index in [2.05, 4.69) is 86.0 Å². The quantitative estimate of drug-likeness (QED) is 0.0512. The zero-order chi connectivity index (χ0) is 37.2. The molecule has 0 bridgehead atoms. The summed E-state index contributed by atoms with van der Waals surface area (Å²) in [5.41, 5.74) is 5.08. The molecule has 0 saturated heterocycles. The maximum absolute atomic E-state index is 6.51. The summed E-state index contributed by atoms with van der Waals surface area (Å²) < 4.78 is 13.0. The second kappa shape index (κ2) is 33.8. The molecule has 298 valence electrons. The summed E-state index contributed by atoms with van der Waals surface area (Å²) in [6.45, 7) is 16.5. The molecule has 0 atom stereocenters. The Bertz CT molecular complexity index is 943. The molecule has 0 fully saturated rings. The molecule has 2 rings (SSSR count). The van der Waals surface area contributed by atoms with Gasteiger partial charge in [0.2, 0.25) is 0 Å². The van der Waals surface area contributed by atoms with Gasteiger partial charge in [0, 0.05) is 26.2 Å². The van der Waals surface area contributed by atoms with E-state index in [9.17, 15) is 0 Å². The Kier molecular flexibility index (Phi) is 30.2. The summed E-state index contributed by atoms with van der Waals surface area (Å²) in [6, 6.07) is 17.7. The number of ether oxygens (including phenoxy) is 2. The molecule has 0 heterocycles. The molecule has 0 unspecified atom stereocenters. The first kappa shape index (κ1) is 46.4. The summed E-state index contributed by atoms with van der Waals surface area (Å²) >= 11 is 0. The van der Waals surface area contributed by atoms with Gasteiger partial charge in [0.05, 0.1) is 26.7 Å². The van der Waals surface area contributed by atoms with Gasteiger partial charge >= 0.3 is 0 Å². The third kappa shape index (κ3) is 23.1. The van der Waals surface area contributed by atoms with Crippen LogP contribution in [0, 0.1) is 0 Å². The SMILES string of the molecule is CCCCCCCCN(CCCCCCCC)COCc1ccccc1-c1ccccc1COCN(CCCCCCCC)CCCCCCCC. The maximum Gasteiger partial charge on any atom is 0.0994 e. The first-order valence-corrected chi connectivity index (χ1v) is 22.5. The fourth-order valence-corrected chi connectivity index (χ4v) is 7.33. The van der Waals surface area contributed by atoms with Crippen molar-refractivity contribution in [2.24, 2.45) is 0 Å². The van der Waals surface area contributed by atoms with Crippen molar-refractivity contribution in [2.75, 3.05) is 39.6 Å². The normalized spacial score (nSPS) is 11.7. The highest BCUT2D eigenvalue weighted by Crippen LogP contribution is 2.28. The summed E-state index contributed by atoms with van der Waals surface area (Å²) in [5.74, 6) is 0. The van der Waals surface area contributed by atoms with Gasteiger partial charge in [-0.05, 0) is 47.9 Å². The average Bonchev–Trinajstić information content (AvgIpc) is 3.17. The van der Waals surface area contributed by atoms with Crippen LogP contribution in [0.5, 0.6) is 0 Å². The minimum Gasteiger partial charge on any atom is -0.361 e. The van der Waals surface area contributed by atoms with Crippen LogP contribution in [0.15, 0.2) is 48.5 Å². The van der Waals surface area contributed by atoms with Gasteiger partial charge in [-0.2, -0.15) is 0 Å². The van der Waals surface area contributed by atoms with E-state index in [1.54, 1.807) is 0 Å². The molecule has 4 heteroatoms. The Hall–Kier alpha value is -1.72. The van der Waals surface area contributed by atoms with Gasteiger partial charge < -0.3 is 9.47 Å². The zero-order valence-electron chi connectivity index (χ0n) is 35.0. The lowest BCUT2D eigenvalue weighted by Gasteiger charge is -2.23. The van der Waals surface area contributed by atoms with Crippen LogP contribution in [0.3, 0.4) is 0 Å². The van der Waals surface area contributed by atoms with Crippen LogP contribution in [0.25, 0.3) is 11.1 Å². The highest BCUT2D eigenvalue weighted by atomic mass is 16.5. The van der Waals surface area contributed by atoms with Gasteiger partial charge in [0.25, 0.3) is 0 Å². The van der Waals surface area contributed by atoms with Gasteiger partial charge in [0.15, 0.2) is 0 Å². The van der Waals surface area contributed by atoms with Crippen molar-refractivity contribution < 1.29 is 9.47 Å². The van der Waals surface area contributed by atoms with Crippen LogP contribution in [-0.4, -0.2) is 49.4 Å². The molecule has 0 spiro atoms. The van der Waals surface area contributed by atoms with Crippen molar-refractivity contribution in [3.05, 3.63) is 59.7 Å². The standard InChI is InChI=1S/C48H84N2O2/c1-5-9-13-17-21-29-37-49(38-30-22-18-14-10-6-2)43-51-41-45-33-25-27-35-47(45)48-36-28-26-34-46(48)42-52-44-50(39-31-23-19-15-11-7-3)40-32-24-20-16-12-8-4/h25-28,33-36H,5-24,29-32,37-44H2,1-4H3. The lowest BCUT2D eigenvalue weighted by atomic mass is 9.96. The summed E-state index contributed by atoms with van der Waals surface area (Å²) in [6.07, 6.45) is 32.2. The fraction of sp³-hybridized carbons (Fsp3) is 0.750. The monoisotopic (exact) mass is 721 g/mol. The van der Waals surface area contributed by atoms with Crippen LogP contribution in [0.2, 0.25) is 0 Å². The zero-order valence-corrected chi connectivity index (χ0v) is 35.0. The molecule has 0 aliphatic carbocycles. The number of unbranched alkanes of at least 4 members (excludes halogenated alkanes) is 20. The smallest absolute Gasteiger partial charge is 0.0994 e. The molecular weight excluding hydrogens is 637 g/mol. The van der Waals surface area contributed by atoms with Crippen molar-refractivity contribution in [3.63, 3.8) is 0 Å². The second-order valence-electron chi connectivity index (χ2n) is 15.6. The maximum atomic E-state index is 6.51. The topological polar surface area (TPSA) is 24.9 Å². The Balaban J connectivity index is 1.96. The van der Waals surface area contributed by atoms with Gasteiger partial charge in [0.1, 0.15) is 0 Å². The molecule has 2 aromatic rings. The van der Waals surface area contributed by atoms with Crippen molar-refractivity contribution in [2.45, 2.75) is 195 Å². The summed E-state index contributed by atoms with van der Waals surface area (Å²) in [4.78, 5) is 5.15. The molecule has 0 N–H and O–H groups in total. The molecule has 0 aromatic heterocycles. The fourth-order valence-electron chi connectivity index (χ4n) is 7.33. The Labute approximate surface area is 323 Å². The van der Waals surface area contributed by atoms with Gasteiger partial charge in [-0.3, -0.25) is 9.80 Å². The highest BCUT2D eigenvalue weighted by Gasteiger charge is 2.12. The minimum atomic E-state index is 0.638. The number of nitrogens with zero attached hydrogens (tertiary/aromatic N) is 2. The van der Waals surface area contributed by atoms with E-state index in [-0.39, 0.29) is 0 Å². The average molecular weight is 721 g/mol. The summed E-state index contributed by atoms with van der Waals surface area (Å²) in [5, 5.41) is 0. The van der Waals surface area contributed by atoms with E-state index in [1.807, 2.05) is 0 Å². The molecule has 0 aliphatic heterocycles. The van der Waals surface area contributed by atoms with E-state index in [0.717, 1.165) is 39.6 Å². The van der Waals surface area contributed by atoms with Gasteiger partial charge in [-0.15, -0.1) is 0 Å². The van der Waals surface area contributed by atoms with E-state index in [0.29, 0.717) is 13.2 Å². The molecule has 0 aliphatic rings. The molecule has 2 aromatic carbocycles. The van der Waals surface area contributed by atoms with Crippen molar-refractivity contribution in [3.8, 4) is 11.1 Å². The third-order valence-corrected chi connectivity index (χ3v) is 10.7. The Morgan fingerprint density at radius 1 is 0.346 bits per heavy atom. The lowest BCUT2D eigenvalue weighted by molar-refractivity contribution is 0.0164. The Morgan fingerprint density at radius 2 is 0.615 bits per heavy atom. The van der Waals surface area contributed by atoms with Gasteiger partial charge in [-0.1, -0.05) is 205 Å². The number of benzene rings is 2. The minimum absolute atomic E-state index is 0.638. The first-order valence-electron chi connectivity index (χ1n) is 22.5. The lowest BCUT2D eigenvalue weighted by Crippen LogP contribution is -2.29. The Morgan fingerprint density at radius 3 is 0.923 bits per heavy atom. The largest absolute Gasteiger partial charge is 0.361 e. The van der Waals surface area contributed by atoms with E-state index >= 15 is 0 Å². The molecule has 52 heavy (non-hydrogen) atoms. The third-order valence-electron chi connectivity index (χ3n) is 10.7. The molecule has 0 amide bonds. The van der Waals surface area contributed by atoms with E-state index in [1.165, 1.54) is 176 Å². The van der Waals surface area contributed by atoms with Crippen LogP contribution < -0.4 is 0 Å².